The fourth-order valence-corrected chi connectivity index (χ4v) is 7.46. The quantitative estimate of drug-likeness (QED) is 0.480. The normalized spacial score (nSPS) is 24.7. The van der Waals surface area contributed by atoms with Gasteiger partial charge < -0.3 is 14.5 Å². The van der Waals surface area contributed by atoms with Gasteiger partial charge in [0.05, 0.1) is 6.10 Å². The molecule has 0 amide bonds. The summed E-state index contributed by atoms with van der Waals surface area (Å²) in [6, 6.07) is 7.47. The highest BCUT2D eigenvalue weighted by molar-refractivity contribution is 5.64. The molecule has 2 aliphatic heterocycles. The summed E-state index contributed by atoms with van der Waals surface area (Å²) in [5.74, 6) is 1.38. The first-order valence-electron chi connectivity index (χ1n) is 13.9. The molecule has 0 atom stereocenters. The van der Waals surface area contributed by atoms with Gasteiger partial charge in [-0.25, -0.2) is 0 Å². The SMILES string of the molecule is COC1CCN(c2ccc(N3CCN(CC(C)C)CC3)c(C3CC(C)(C)CC(C)(C)C3)c2)CC1. The first-order chi connectivity index (χ1) is 16.0. The van der Waals surface area contributed by atoms with Crippen molar-refractivity contribution in [1.29, 1.82) is 0 Å². The molecule has 34 heavy (non-hydrogen) atoms. The summed E-state index contributed by atoms with van der Waals surface area (Å²) in [6.45, 7) is 22.7. The summed E-state index contributed by atoms with van der Waals surface area (Å²) in [5.41, 5.74) is 5.34. The number of methoxy groups -OCH3 is 1. The predicted octanol–water partition coefficient (Wildman–Crippen LogP) is 6.40. The molecule has 4 heteroatoms. The van der Waals surface area contributed by atoms with Gasteiger partial charge in [0.25, 0.3) is 0 Å². The van der Waals surface area contributed by atoms with Crippen LogP contribution in [0.3, 0.4) is 0 Å². The van der Waals surface area contributed by atoms with E-state index in [1.165, 1.54) is 50.3 Å². The Morgan fingerprint density at radius 3 is 2.06 bits per heavy atom. The van der Waals surface area contributed by atoms with Crippen LogP contribution in [0.4, 0.5) is 11.4 Å². The van der Waals surface area contributed by atoms with E-state index in [0.29, 0.717) is 22.9 Å². The van der Waals surface area contributed by atoms with Crippen molar-refractivity contribution in [3.8, 4) is 0 Å². The van der Waals surface area contributed by atoms with Crippen LogP contribution in [-0.2, 0) is 4.74 Å². The zero-order chi connectivity index (χ0) is 24.5. The average molecular weight is 470 g/mol. The molecule has 2 heterocycles. The number of benzene rings is 1. The maximum atomic E-state index is 5.63. The van der Waals surface area contributed by atoms with Crippen LogP contribution in [0.5, 0.6) is 0 Å². The molecule has 0 radical (unpaired) electrons. The Bertz CT molecular complexity index is 785. The number of hydrogen-bond donors (Lipinski definition) is 0. The Hall–Kier alpha value is -1.26. The Kier molecular flexibility index (Phi) is 7.89. The van der Waals surface area contributed by atoms with E-state index in [-0.39, 0.29) is 0 Å². The Labute approximate surface area is 210 Å². The molecule has 2 saturated heterocycles. The monoisotopic (exact) mass is 469 g/mol. The number of piperazine rings is 1. The van der Waals surface area contributed by atoms with Crippen molar-refractivity contribution in [1.82, 2.24) is 4.90 Å². The maximum Gasteiger partial charge on any atom is 0.0605 e. The van der Waals surface area contributed by atoms with Crippen LogP contribution in [-0.4, -0.2) is 63.9 Å². The van der Waals surface area contributed by atoms with Crippen molar-refractivity contribution in [2.24, 2.45) is 16.7 Å². The fraction of sp³-hybridized carbons (Fsp3) is 0.800. The van der Waals surface area contributed by atoms with Gasteiger partial charge in [-0.1, -0.05) is 41.5 Å². The molecule has 192 valence electrons. The Morgan fingerprint density at radius 1 is 0.882 bits per heavy atom. The molecule has 3 aliphatic rings. The number of piperidine rings is 1. The molecule has 0 bridgehead atoms. The predicted molar refractivity (Wildman–Crippen MR) is 146 cm³/mol. The second-order valence-electron chi connectivity index (χ2n) is 13.5. The van der Waals surface area contributed by atoms with E-state index in [2.05, 4.69) is 74.4 Å². The number of rotatable bonds is 6. The summed E-state index contributed by atoms with van der Waals surface area (Å²) in [4.78, 5) is 7.95. The van der Waals surface area contributed by atoms with Crippen molar-refractivity contribution in [3.05, 3.63) is 23.8 Å². The molecule has 4 nitrogen and oxygen atoms in total. The lowest BCUT2D eigenvalue weighted by atomic mass is 9.60. The van der Waals surface area contributed by atoms with Crippen LogP contribution in [0.2, 0.25) is 0 Å². The fourth-order valence-electron chi connectivity index (χ4n) is 7.46. The van der Waals surface area contributed by atoms with Crippen molar-refractivity contribution >= 4 is 11.4 Å². The number of anilines is 2. The molecule has 4 rings (SSSR count). The van der Waals surface area contributed by atoms with Crippen LogP contribution in [0, 0.1) is 16.7 Å². The molecule has 0 N–H and O–H groups in total. The van der Waals surface area contributed by atoms with Crippen LogP contribution in [0.25, 0.3) is 0 Å². The molecule has 3 fully saturated rings. The number of ether oxygens (including phenoxy) is 1. The Balaban J connectivity index is 1.60. The molecule has 0 unspecified atom stereocenters. The van der Waals surface area contributed by atoms with Gasteiger partial charge in [-0.15, -0.1) is 0 Å². The van der Waals surface area contributed by atoms with E-state index in [4.69, 9.17) is 4.74 Å². The lowest BCUT2D eigenvalue weighted by Gasteiger charge is -2.47. The standard InChI is InChI=1S/C30H51N3O/c1-23(2)21-31-14-16-33(17-15-31)28-9-8-25(32-12-10-26(34-7)11-13-32)18-27(28)24-19-29(3,4)22-30(5,6)20-24/h8-9,18,23-24,26H,10-17,19-22H2,1-7H3. The third-order valence-electron chi connectivity index (χ3n) is 8.48. The van der Waals surface area contributed by atoms with E-state index in [9.17, 15) is 0 Å². The van der Waals surface area contributed by atoms with Crippen LogP contribution in [0.15, 0.2) is 18.2 Å². The average Bonchev–Trinajstić information content (AvgIpc) is 2.77. The molecule has 1 aromatic rings. The van der Waals surface area contributed by atoms with Gasteiger partial charge in [-0.3, -0.25) is 4.90 Å². The summed E-state index contributed by atoms with van der Waals surface area (Å²) < 4.78 is 5.63. The van der Waals surface area contributed by atoms with Gasteiger partial charge in [0, 0.05) is 64.3 Å². The first-order valence-corrected chi connectivity index (χ1v) is 13.9. The largest absolute Gasteiger partial charge is 0.381 e. The molecule has 1 aliphatic carbocycles. The third kappa shape index (κ3) is 6.29. The Morgan fingerprint density at radius 2 is 1.50 bits per heavy atom. The second kappa shape index (κ2) is 10.4. The van der Waals surface area contributed by atoms with Gasteiger partial charge in [0.1, 0.15) is 0 Å². The summed E-state index contributed by atoms with van der Waals surface area (Å²) >= 11 is 0. The minimum Gasteiger partial charge on any atom is -0.381 e. The topological polar surface area (TPSA) is 19.0 Å². The molecule has 1 aromatic carbocycles. The third-order valence-corrected chi connectivity index (χ3v) is 8.48. The van der Waals surface area contributed by atoms with Crippen LogP contribution < -0.4 is 9.80 Å². The summed E-state index contributed by atoms with van der Waals surface area (Å²) in [5, 5.41) is 0. The van der Waals surface area contributed by atoms with E-state index in [1.807, 2.05) is 7.11 Å². The molecule has 1 saturated carbocycles. The highest BCUT2D eigenvalue weighted by Gasteiger charge is 2.40. The van der Waals surface area contributed by atoms with Gasteiger partial charge in [-0.05, 0) is 78.5 Å². The zero-order valence-electron chi connectivity index (χ0n) is 23.2. The van der Waals surface area contributed by atoms with Gasteiger partial charge >= 0.3 is 0 Å². The summed E-state index contributed by atoms with van der Waals surface area (Å²) in [7, 11) is 1.86. The second-order valence-corrected chi connectivity index (χ2v) is 13.5. The highest BCUT2D eigenvalue weighted by atomic mass is 16.5. The zero-order valence-corrected chi connectivity index (χ0v) is 23.2. The molecule has 0 aromatic heterocycles. The summed E-state index contributed by atoms with van der Waals surface area (Å²) in [6.07, 6.45) is 6.61. The minimum absolute atomic E-state index is 0.395. The van der Waals surface area contributed by atoms with Gasteiger partial charge in [-0.2, -0.15) is 0 Å². The van der Waals surface area contributed by atoms with Gasteiger partial charge in [0.2, 0.25) is 0 Å². The lowest BCUT2D eigenvalue weighted by molar-refractivity contribution is 0.0819. The highest BCUT2D eigenvalue weighted by Crippen LogP contribution is 2.53. The van der Waals surface area contributed by atoms with Crippen molar-refractivity contribution in [2.45, 2.75) is 85.7 Å². The van der Waals surface area contributed by atoms with E-state index >= 15 is 0 Å². The van der Waals surface area contributed by atoms with E-state index < -0.39 is 0 Å². The molecular weight excluding hydrogens is 418 g/mol. The van der Waals surface area contributed by atoms with E-state index in [1.54, 1.807) is 5.56 Å². The van der Waals surface area contributed by atoms with E-state index in [0.717, 1.165) is 44.9 Å². The molecular formula is C30H51N3O. The maximum absolute atomic E-state index is 5.63. The van der Waals surface area contributed by atoms with Gasteiger partial charge in [0.15, 0.2) is 0 Å². The minimum atomic E-state index is 0.395. The number of hydrogen-bond acceptors (Lipinski definition) is 4. The lowest BCUT2D eigenvalue weighted by Crippen LogP contribution is -2.48. The van der Waals surface area contributed by atoms with Crippen LogP contribution in [0.1, 0.15) is 85.1 Å². The van der Waals surface area contributed by atoms with Crippen molar-refractivity contribution < 1.29 is 4.74 Å². The molecule has 0 spiro atoms. The first kappa shape index (κ1) is 25.8. The van der Waals surface area contributed by atoms with Crippen molar-refractivity contribution in [2.75, 3.05) is 62.7 Å². The smallest absolute Gasteiger partial charge is 0.0605 e. The van der Waals surface area contributed by atoms with Crippen LogP contribution >= 0.6 is 0 Å². The van der Waals surface area contributed by atoms with Crippen molar-refractivity contribution in [3.63, 3.8) is 0 Å². The number of nitrogens with zero attached hydrogens (tertiary/aromatic N) is 3.